The number of aromatic nitrogens is 2. The van der Waals surface area contributed by atoms with Gasteiger partial charge in [0.1, 0.15) is 11.5 Å². The molecule has 3 rings (SSSR count). The van der Waals surface area contributed by atoms with Crippen LogP contribution in [0.3, 0.4) is 0 Å². The lowest BCUT2D eigenvalue weighted by atomic mass is 9.93. The molecule has 3 N–H and O–H groups in total. The van der Waals surface area contributed by atoms with Crippen molar-refractivity contribution in [2.75, 3.05) is 13.1 Å². The molecule has 0 spiro atoms. The first-order chi connectivity index (χ1) is 11.0. The van der Waals surface area contributed by atoms with E-state index in [1.165, 1.54) is 18.2 Å². The fourth-order valence-electron chi connectivity index (χ4n) is 2.87. The molecule has 1 aromatic carbocycles. The minimum atomic E-state index is -0.564. The molecule has 2 heterocycles. The van der Waals surface area contributed by atoms with Gasteiger partial charge in [-0.1, -0.05) is 6.07 Å². The van der Waals surface area contributed by atoms with Gasteiger partial charge >= 0.3 is 0 Å². The normalized spacial score (nSPS) is 15.6. The number of benzene rings is 1. The largest absolute Gasteiger partial charge is 0.364 e. The van der Waals surface area contributed by atoms with Gasteiger partial charge in [-0.15, -0.1) is 0 Å². The first-order valence-corrected chi connectivity index (χ1v) is 7.44. The van der Waals surface area contributed by atoms with Crippen LogP contribution >= 0.6 is 0 Å². The molecule has 1 aromatic heterocycles. The second-order valence-electron chi connectivity index (χ2n) is 5.65. The van der Waals surface area contributed by atoms with Gasteiger partial charge in [0.15, 0.2) is 0 Å². The molecule has 6 nitrogen and oxygen atoms in total. The topological polar surface area (TPSA) is 92.1 Å². The molecular weight excluding hydrogens is 299 g/mol. The summed E-state index contributed by atoms with van der Waals surface area (Å²) in [6.07, 6.45) is 1.50. The number of hydrogen-bond acceptors (Lipinski definition) is 3. The standard InChI is InChI=1S/C16H17FN4O2/c17-12-3-1-2-11(8-12)16(23)21-6-4-10(5-7-21)13-9-14(15(18)22)20-19-13/h1-3,8-10H,4-7H2,(H2,18,22)(H,19,20). The molecule has 0 saturated carbocycles. The van der Waals surface area contributed by atoms with Gasteiger partial charge in [0.25, 0.3) is 11.8 Å². The molecule has 0 atom stereocenters. The SMILES string of the molecule is NC(=O)c1cc(C2CCN(C(=O)c3cccc(F)c3)CC2)[nH]n1. The van der Waals surface area contributed by atoms with Crippen LogP contribution in [0.2, 0.25) is 0 Å². The van der Waals surface area contributed by atoms with E-state index in [2.05, 4.69) is 10.2 Å². The molecule has 0 aliphatic carbocycles. The monoisotopic (exact) mass is 316 g/mol. The number of halogens is 1. The number of nitrogens with two attached hydrogens (primary N) is 1. The number of nitrogens with zero attached hydrogens (tertiary/aromatic N) is 2. The quantitative estimate of drug-likeness (QED) is 0.902. The van der Waals surface area contributed by atoms with E-state index in [0.29, 0.717) is 18.7 Å². The van der Waals surface area contributed by atoms with Gasteiger partial charge in [-0.05, 0) is 37.1 Å². The van der Waals surface area contributed by atoms with Crippen LogP contribution in [0.15, 0.2) is 30.3 Å². The van der Waals surface area contributed by atoms with E-state index in [4.69, 9.17) is 5.73 Å². The fourth-order valence-corrected chi connectivity index (χ4v) is 2.87. The number of hydrogen-bond donors (Lipinski definition) is 2. The summed E-state index contributed by atoms with van der Waals surface area (Å²) in [5.74, 6) is -0.939. The van der Waals surface area contributed by atoms with Gasteiger partial charge < -0.3 is 10.6 Å². The number of rotatable bonds is 3. The summed E-state index contributed by atoms with van der Waals surface area (Å²) in [5, 5.41) is 6.72. The highest BCUT2D eigenvalue weighted by Gasteiger charge is 2.26. The summed E-state index contributed by atoms with van der Waals surface area (Å²) in [4.78, 5) is 25.2. The van der Waals surface area contributed by atoms with Crippen LogP contribution in [0.1, 0.15) is 45.3 Å². The van der Waals surface area contributed by atoms with E-state index in [1.807, 2.05) is 0 Å². The molecule has 2 aromatic rings. The average molecular weight is 316 g/mol. The van der Waals surface area contributed by atoms with Crippen LogP contribution in [0, 0.1) is 5.82 Å². The van der Waals surface area contributed by atoms with Gasteiger partial charge in [-0.3, -0.25) is 14.7 Å². The highest BCUT2D eigenvalue weighted by atomic mass is 19.1. The third-order valence-electron chi connectivity index (χ3n) is 4.14. The smallest absolute Gasteiger partial charge is 0.269 e. The van der Waals surface area contributed by atoms with Crippen LogP contribution in [-0.2, 0) is 0 Å². The molecule has 0 bridgehead atoms. The predicted octanol–water partition coefficient (Wildman–Crippen LogP) is 1.67. The van der Waals surface area contributed by atoms with Crippen LogP contribution in [-0.4, -0.2) is 40.0 Å². The minimum Gasteiger partial charge on any atom is -0.364 e. The lowest BCUT2D eigenvalue weighted by Crippen LogP contribution is -2.38. The van der Waals surface area contributed by atoms with E-state index < -0.39 is 11.7 Å². The van der Waals surface area contributed by atoms with Crippen molar-refractivity contribution in [1.29, 1.82) is 0 Å². The Balaban J connectivity index is 1.63. The second-order valence-corrected chi connectivity index (χ2v) is 5.65. The highest BCUT2D eigenvalue weighted by molar-refractivity contribution is 5.94. The van der Waals surface area contributed by atoms with Crippen molar-refractivity contribution < 1.29 is 14.0 Å². The molecule has 1 saturated heterocycles. The van der Waals surface area contributed by atoms with Crippen LogP contribution in [0.5, 0.6) is 0 Å². The van der Waals surface area contributed by atoms with Crippen LogP contribution < -0.4 is 5.73 Å². The number of piperidine rings is 1. The molecule has 1 fully saturated rings. The van der Waals surface area contributed by atoms with Crippen LogP contribution in [0.4, 0.5) is 4.39 Å². The summed E-state index contributed by atoms with van der Waals surface area (Å²) in [5.41, 5.74) is 6.63. The van der Waals surface area contributed by atoms with Crippen molar-refractivity contribution in [2.45, 2.75) is 18.8 Å². The van der Waals surface area contributed by atoms with Crippen molar-refractivity contribution in [2.24, 2.45) is 5.73 Å². The van der Waals surface area contributed by atoms with Gasteiger partial charge in [0, 0.05) is 30.3 Å². The maximum absolute atomic E-state index is 13.2. The van der Waals surface area contributed by atoms with Gasteiger partial charge in [0.2, 0.25) is 0 Å². The molecular formula is C16H17FN4O2. The molecule has 0 unspecified atom stereocenters. The Bertz CT molecular complexity index is 735. The third-order valence-corrected chi connectivity index (χ3v) is 4.14. The summed E-state index contributed by atoms with van der Waals surface area (Å²) < 4.78 is 13.2. The zero-order valence-corrected chi connectivity index (χ0v) is 12.5. The van der Waals surface area contributed by atoms with Crippen LogP contribution in [0.25, 0.3) is 0 Å². The Labute approximate surface area is 132 Å². The predicted molar refractivity (Wildman–Crippen MR) is 81.4 cm³/mol. The van der Waals surface area contributed by atoms with E-state index in [0.717, 1.165) is 18.5 Å². The van der Waals surface area contributed by atoms with E-state index >= 15 is 0 Å². The Kier molecular flexibility index (Phi) is 4.10. The van der Waals surface area contributed by atoms with Crippen molar-refractivity contribution in [3.8, 4) is 0 Å². The summed E-state index contributed by atoms with van der Waals surface area (Å²) in [7, 11) is 0. The zero-order valence-electron chi connectivity index (χ0n) is 12.5. The Hall–Kier alpha value is -2.70. The zero-order chi connectivity index (χ0) is 16.4. The average Bonchev–Trinajstić information content (AvgIpc) is 3.04. The van der Waals surface area contributed by atoms with Gasteiger partial charge in [-0.2, -0.15) is 5.10 Å². The lowest BCUT2D eigenvalue weighted by molar-refractivity contribution is 0.0711. The van der Waals surface area contributed by atoms with Crippen molar-refractivity contribution in [3.05, 3.63) is 53.1 Å². The number of carbonyl (C=O) groups excluding carboxylic acids is 2. The number of amides is 2. The molecule has 2 amide bonds. The fraction of sp³-hybridized carbons (Fsp3) is 0.312. The number of carbonyl (C=O) groups is 2. The summed E-state index contributed by atoms with van der Waals surface area (Å²) >= 11 is 0. The molecule has 0 radical (unpaired) electrons. The van der Waals surface area contributed by atoms with Crippen molar-refractivity contribution in [1.82, 2.24) is 15.1 Å². The Morgan fingerprint density at radius 3 is 2.61 bits per heavy atom. The number of likely N-dealkylation sites (tertiary alicyclic amines) is 1. The van der Waals surface area contributed by atoms with E-state index in [9.17, 15) is 14.0 Å². The Morgan fingerprint density at radius 1 is 1.26 bits per heavy atom. The lowest BCUT2D eigenvalue weighted by Gasteiger charge is -2.31. The van der Waals surface area contributed by atoms with Gasteiger partial charge in [0.05, 0.1) is 0 Å². The highest BCUT2D eigenvalue weighted by Crippen LogP contribution is 2.27. The first-order valence-electron chi connectivity index (χ1n) is 7.44. The molecule has 1 aliphatic rings. The van der Waals surface area contributed by atoms with Crippen molar-refractivity contribution in [3.63, 3.8) is 0 Å². The maximum atomic E-state index is 13.2. The number of aromatic amines is 1. The number of nitrogens with one attached hydrogen (secondary N) is 1. The van der Waals surface area contributed by atoms with E-state index in [-0.39, 0.29) is 17.5 Å². The maximum Gasteiger partial charge on any atom is 0.269 e. The molecule has 120 valence electrons. The molecule has 7 heteroatoms. The summed E-state index contributed by atoms with van der Waals surface area (Å²) in [6.45, 7) is 1.15. The number of H-pyrrole nitrogens is 1. The first kappa shape index (κ1) is 15.2. The van der Waals surface area contributed by atoms with E-state index in [1.54, 1.807) is 17.0 Å². The number of primary amides is 1. The van der Waals surface area contributed by atoms with Gasteiger partial charge in [-0.25, -0.2) is 4.39 Å². The third kappa shape index (κ3) is 3.23. The Morgan fingerprint density at radius 2 is 2.00 bits per heavy atom. The molecule has 23 heavy (non-hydrogen) atoms. The minimum absolute atomic E-state index is 0.162. The second kappa shape index (κ2) is 6.20. The summed E-state index contributed by atoms with van der Waals surface area (Å²) in [6, 6.07) is 7.38. The molecule has 1 aliphatic heterocycles. The van der Waals surface area contributed by atoms with Crippen molar-refractivity contribution >= 4 is 11.8 Å².